The zero-order valence-corrected chi connectivity index (χ0v) is 13.7. The summed E-state index contributed by atoms with van der Waals surface area (Å²) in [7, 11) is 1.89. The van der Waals surface area contributed by atoms with Crippen LogP contribution in [0.15, 0.2) is 48.9 Å². The third-order valence-electron chi connectivity index (χ3n) is 3.91. The number of amides is 1. The first-order valence-electron chi connectivity index (χ1n) is 7.62. The normalized spacial score (nSPS) is 10.6. The molecule has 0 aliphatic carbocycles. The van der Waals surface area contributed by atoms with Crippen LogP contribution in [-0.4, -0.2) is 20.7 Å². The molecule has 122 valence electrons. The van der Waals surface area contributed by atoms with Crippen molar-refractivity contribution < 1.29 is 4.79 Å². The molecule has 0 spiro atoms. The summed E-state index contributed by atoms with van der Waals surface area (Å²) in [5.74, 6) is -0.423. The molecule has 3 rings (SSSR count). The summed E-state index contributed by atoms with van der Waals surface area (Å²) in [6.45, 7) is 2.47. The van der Waals surface area contributed by atoms with Crippen molar-refractivity contribution in [1.29, 1.82) is 0 Å². The lowest BCUT2D eigenvalue weighted by atomic mass is 10.1. The van der Waals surface area contributed by atoms with Gasteiger partial charge in [0.25, 0.3) is 0 Å². The third-order valence-corrected chi connectivity index (χ3v) is 3.91. The molecule has 0 aliphatic rings. The molecule has 6 heteroatoms. The molecule has 3 aromatic rings. The van der Waals surface area contributed by atoms with Gasteiger partial charge >= 0.3 is 0 Å². The largest absolute Gasteiger partial charge is 0.381 e. The first kappa shape index (κ1) is 15.7. The van der Waals surface area contributed by atoms with Crippen LogP contribution in [0.25, 0.3) is 11.3 Å². The summed E-state index contributed by atoms with van der Waals surface area (Å²) >= 11 is 0. The minimum atomic E-state index is -0.423. The third kappa shape index (κ3) is 3.12. The van der Waals surface area contributed by atoms with E-state index in [2.05, 4.69) is 15.4 Å². The van der Waals surface area contributed by atoms with E-state index < -0.39 is 5.91 Å². The van der Waals surface area contributed by atoms with Gasteiger partial charge in [-0.25, -0.2) is 0 Å². The van der Waals surface area contributed by atoms with Gasteiger partial charge < -0.3 is 11.1 Å². The molecule has 6 nitrogen and oxygen atoms in total. The monoisotopic (exact) mass is 321 g/mol. The lowest BCUT2D eigenvalue weighted by molar-refractivity contribution is 0.1000. The predicted molar refractivity (Wildman–Crippen MR) is 93.5 cm³/mol. The fourth-order valence-corrected chi connectivity index (χ4v) is 2.70. The molecule has 0 saturated carbocycles. The quantitative estimate of drug-likeness (QED) is 0.756. The number of carbonyl (C=O) groups excluding carboxylic acids is 1. The first-order valence-corrected chi connectivity index (χ1v) is 7.62. The van der Waals surface area contributed by atoms with Gasteiger partial charge in [0.15, 0.2) is 0 Å². The summed E-state index contributed by atoms with van der Waals surface area (Å²) in [5.41, 5.74) is 10.6. The smallest absolute Gasteiger partial charge is 0.249 e. The predicted octanol–water partition coefficient (Wildman–Crippen LogP) is 2.50. The second kappa shape index (κ2) is 6.54. The molecule has 0 aliphatic heterocycles. The molecule has 1 amide bonds. The van der Waals surface area contributed by atoms with E-state index in [1.165, 1.54) is 0 Å². The van der Waals surface area contributed by atoms with Crippen molar-refractivity contribution >= 4 is 11.6 Å². The molecule has 0 bridgehead atoms. The number of nitrogens with two attached hydrogens (primary N) is 1. The van der Waals surface area contributed by atoms with E-state index >= 15 is 0 Å². The van der Waals surface area contributed by atoms with Crippen molar-refractivity contribution in [2.24, 2.45) is 12.8 Å². The molecule has 2 aromatic heterocycles. The van der Waals surface area contributed by atoms with Crippen LogP contribution in [-0.2, 0) is 13.6 Å². The number of anilines is 1. The van der Waals surface area contributed by atoms with Gasteiger partial charge in [0.05, 0.1) is 5.69 Å². The Balaban J connectivity index is 1.86. The van der Waals surface area contributed by atoms with Crippen LogP contribution < -0.4 is 11.1 Å². The Labute approximate surface area is 140 Å². The Bertz CT molecular complexity index is 870. The minimum Gasteiger partial charge on any atom is -0.381 e. The zero-order valence-electron chi connectivity index (χ0n) is 13.7. The highest BCUT2D eigenvalue weighted by Crippen LogP contribution is 2.24. The summed E-state index contributed by atoms with van der Waals surface area (Å²) in [4.78, 5) is 15.6. The second-order valence-electron chi connectivity index (χ2n) is 5.61. The van der Waals surface area contributed by atoms with E-state index in [4.69, 9.17) is 5.73 Å². The summed E-state index contributed by atoms with van der Waals surface area (Å²) in [5, 5.41) is 7.89. The van der Waals surface area contributed by atoms with Gasteiger partial charge in [-0.05, 0) is 36.8 Å². The Morgan fingerprint density at radius 2 is 2.12 bits per heavy atom. The number of nitrogens with zero attached hydrogens (tertiary/aromatic N) is 3. The molecule has 0 radical (unpaired) electrons. The van der Waals surface area contributed by atoms with Gasteiger partial charge in [0.1, 0.15) is 0 Å². The molecule has 0 atom stereocenters. The fourth-order valence-electron chi connectivity index (χ4n) is 2.70. The van der Waals surface area contributed by atoms with Crippen LogP contribution in [0.3, 0.4) is 0 Å². The van der Waals surface area contributed by atoms with Gasteiger partial charge in [0.2, 0.25) is 5.91 Å². The van der Waals surface area contributed by atoms with E-state index in [0.717, 1.165) is 28.1 Å². The van der Waals surface area contributed by atoms with E-state index in [1.807, 2.05) is 44.4 Å². The topological polar surface area (TPSA) is 85.8 Å². The molecule has 3 N–H and O–H groups in total. The molecule has 2 heterocycles. The molecule has 0 unspecified atom stereocenters. The van der Waals surface area contributed by atoms with Gasteiger partial charge in [-0.2, -0.15) is 5.10 Å². The van der Waals surface area contributed by atoms with Crippen LogP contribution in [0.4, 0.5) is 5.69 Å². The Morgan fingerprint density at radius 1 is 1.29 bits per heavy atom. The highest BCUT2D eigenvalue weighted by atomic mass is 16.1. The van der Waals surface area contributed by atoms with E-state index in [-0.39, 0.29) is 0 Å². The number of benzene rings is 1. The first-order chi connectivity index (χ1) is 11.6. The summed E-state index contributed by atoms with van der Waals surface area (Å²) in [6.07, 6.45) is 5.51. The molecule has 0 fully saturated rings. The molecule has 0 saturated heterocycles. The van der Waals surface area contributed by atoms with Crippen LogP contribution >= 0.6 is 0 Å². The van der Waals surface area contributed by atoms with Crippen LogP contribution in [0.5, 0.6) is 0 Å². The standard InChI is InChI=1S/C18H19N5O/c1-12-15(18(19)24)6-3-7-16(12)21-10-14-11-23(2)22-17(14)13-5-4-8-20-9-13/h3-9,11,21H,10H2,1-2H3,(H2,19,24). The van der Waals surface area contributed by atoms with Crippen molar-refractivity contribution in [3.05, 3.63) is 65.6 Å². The average molecular weight is 321 g/mol. The number of aryl methyl sites for hydroxylation is 1. The Kier molecular flexibility index (Phi) is 4.29. The van der Waals surface area contributed by atoms with Gasteiger partial charge in [0, 0.05) is 54.6 Å². The number of primary amides is 1. The van der Waals surface area contributed by atoms with Gasteiger partial charge in [-0.15, -0.1) is 0 Å². The maximum atomic E-state index is 11.5. The number of nitrogens with one attached hydrogen (secondary N) is 1. The number of pyridine rings is 1. The number of rotatable bonds is 5. The molecule has 1 aromatic carbocycles. The van der Waals surface area contributed by atoms with Crippen LogP contribution in [0.1, 0.15) is 21.5 Å². The number of aromatic nitrogens is 3. The van der Waals surface area contributed by atoms with E-state index in [1.54, 1.807) is 23.1 Å². The molecule has 24 heavy (non-hydrogen) atoms. The van der Waals surface area contributed by atoms with E-state index in [9.17, 15) is 4.79 Å². The Morgan fingerprint density at radius 3 is 2.83 bits per heavy atom. The lowest BCUT2D eigenvalue weighted by Gasteiger charge is -2.12. The SMILES string of the molecule is Cc1c(NCc2cn(C)nc2-c2cccnc2)cccc1C(N)=O. The lowest BCUT2D eigenvalue weighted by Crippen LogP contribution is -2.14. The van der Waals surface area contributed by atoms with Crippen molar-refractivity contribution in [2.45, 2.75) is 13.5 Å². The number of hydrogen-bond acceptors (Lipinski definition) is 4. The summed E-state index contributed by atoms with van der Waals surface area (Å²) < 4.78 is 1.78. The van der Waals surface area contributed by atoms with E-state index in [0.29, 0.717) is 12.1 Å². The van der Waals surface area contributed by atoms with Gasteiger partial charge in [-0.1, -0.05) is 6.07 Å². The van der Waals surface area contributed by atoms with Crippen molar-refractivity contribution in [3.63, 3.8) is 0 Å². The van der Waals surface area contributed by atoms with Crippen molar-refractivity contribution in [2.75, 3.05) is 5.32 Å². The minimum absolute atomic E-state index is 0.423. The van der Waals surface area contributed by atoms with Gasteiger partial charge in [-0.3, -0.25) is 14.5 Å². The zero-order chi connectivity index (χ0) is 17.1. The molecular formula is C18H19N5O. The number of hydrogen-bond donors (Lipinski definition) is 2. The number of carbonyl (C=O) groups is 1. The highest BCUT2D eigenvalue weighted by Gasteiger charge is 2.12. The van der Waals surface area contributed by atoms with Crippen molar-refractivity contribution in [1.82, 2.24) is 14.8 Å². The average Bonchev–Trinajstić information content (AvgIpc) is 2.95. The Hall–Kier alpha value is -3.15. The van der Waals surface area contributed by atoms with Crippen molar-refractivity contribution in [3.8, 4) is 11.3 Å². The maximum absolute atomic E-state index is 11.5. The van der Waals surface area contributed by atoms with Crippen LogP contribution in [0, 0.1) is 6.92 Å². The fraction of sp³-hybridized carbons (Fsp3) is 0.167. The molecular weight excluding hydrogens is 302 g/mol. The second-order valence-corrected chi connectivity index (χ2v) is 5.61. The van der Waals surface area contributed by atoms with Crippen LogP contribution in [0.2, 0.25) is 0 Å². The maximum Gasteiger partial charge on any atom is 0.249 e. The summed E-state index contributed by atoms with van der Waals surface area (Å²) in [6, 6.07) is 9.36. The highest BCUT2D eigenvalue weighted by molar-refractivity contribution is 5.95.